The topological polar surface area (TPSA) is 44.4 Å². The molecule has 0 aliphatic carbocycles. The van der Waals surface area contributed by atoms with E-state index in [4.69, 9.17) is 0 Å². The Morgan fingerprint density at radius 2 is 1.71 bits per heavy atom. The molecule has 0 atom stereocenters. The van der Waals surface area contributed by atoms with Crippen molar-refractivity contribution in [3.63, 3.8) is 0 Å². The third-order valence-electron chi connectivity index (χ3n) is 3.17. The molecular weight excluding hydrogens is 214 g/mol. The first kappa shape index (κ1) is 14.3. The molecule has 1 heterocycles. The Morgan fingerprint density at radius 3 is 2.35 bits per heavy atom. The monoisotopic (exact) mass is 241 g/mol. The molecule has 0 aromatic rings. The van der Waals surface area contributed by atoms with Gasteiger partial charge in [-0.2, -0.15) is 0 Å². The number of nitrogens with zero attached hydrogens (tertiary/aromatic N) is 1. The van der Waals surface area contributed by atoms with Crippen LogP contribution in [0.25, 0.3) is 0 Å². The van der Waals surface area contributed by atoms with Crippen LogP contribution in [0, 0.1) is 0 Å². The summed E-state index contributed by atoms with van der Waals surface area (Å²) in [5.74, 6) is 0. The van der Waals surface area contributed by atoms with Gasteiger partial charge in [0, 0.05) is 13.1 Å². The van der Waals surface area contributed by atoms with Crippen molar-refractivity contribution in [1.82, 2.24) is 15.5 Å². The zero-order chi connectivity index (χ0) is 12.3. The maximum absolute atomic E-state index is 11.3. The van der Waals surface area contributed by atoms with E-state index in [1.54, 1.807) is 0 Å². The molecule has 1 saturated heterocycles. The van der Waals surface area contributed by atoms with Crippen molar-refractivity contribution in [2.75, 3.05) is 32.7 Å². The number of likely N-dealkylation sites (tertiary alicyclic amines) is 1. The van der Waals surface area contributed by atoms with Crippen LogP contribution in [-0.2, 0) is 0 Å². The van der Waals surface area contributed by atoms with E-state index >= 15 is 0 Å². The standard InChI is InChI=1S/C13H27N3O/c1-2-8-14-13(17)15-9-7-12-16-10-5-3-4-6-11-16/h2-12H2,1H3,(H2,14,15,17). The minimum absolute atomic E-state index is 0.0253. The van der Waals surface area contributed by atoms with Crippen LogP contribution in [0.15, 0.2) is 0 Å². The van der Waals surface area contributed by atoms with E-state index in [9.17, 15) is 4.79 Å². The van der Waals surface area contributed by atoms with E-state index in [0.717, 1.165) is 32.5 Å². The molecule has 17 heavy (non-hydrogen) atoms. The number of hydrogen-bond donors (Lipinski definition) is 2. The summed E-state index contributed by atoms with van der Waals surface area (Å²) in [5, 5.41) is 5.71. The third kappa shape index (κ3) is 7.21. The highest BCUT2D eigenvalue weighted by atomic mass is 16.2. The highest BCUT2D eigenvalue weighted by Gasteiger charge is 2.08. The SMILES string of the molecule is CCCNC(=O)NCCCN1CCCCCC1. The highest BCUT2D eigenvalue weighted by molar-refractivity contribution is 5.73. The predicted octanol–water partition coefficient (Wildman–Crippen LogP) is 1.96. The lowest BCUT2D eigenvalue weighted by Crippen LogP contribution is -2.37. The molecule has 0 saturated carbocycles. The molecule has 1 aliphatic heterocycles. The number of urea groups is 1. The van der Waals surface area contributed by atoms with Gasteiger partial charge in [0.05, 0.1) is 0 Å². The fraction of sp³-hybridized carbons (Fsp3) is 0.923. The van der Waals surface area contributed by atoms with E-state index in [-0.39, 0.29) is 6.03 Å². The fourth-order valence-corrected chi connectivity index (χ4v) is 2.17. The Kier molecular flexibility index (Phi) is 7.80. The van der Waals surface area contributed by atoms with E-state index in [2.05, 4.69) is 22.5 Å². The summed E-state index contributed by atoms with van der Waals surface area (Å²) in [4.78, 5) is 13.8. The summed E-state index contributed by atoms with van der Waals surface area (Å²) in [6, 6.07) is -0.0253. The van der Waals surface area contributed by atoms with Crippen molar-refractivity contribution in [3.8, 4) is 0 Å². The Bertz CT molecular complexity index is 201. The van der Waals surface area contributed by atoms with E-state index < -0.39 is 0 Å². The molecule has 0 bridgehead atoms. The first-order valence-electron chi connectivity index (χ1n) is 7.07. The van der Waals surface area contributed by atoms with Crippen LogP contribution < -0.4 is 10.6 Å². The maximum Gasteiger partial charge on any atom is 0.314 e. The summed E-state index contributed by atoms with van der Waals surface area (Å²) in [6.45, 7) is 7.20. The van der Waals surface area contributed by atoms with Gasteiger partial charge in [-0.25, -0.2) is 4.79 Å². The zero-order valence-electron chi connectivity index (χ0n) is 11.1. The number of carbonyl (C=O) groups is 1. The van der Waals surface area contributed by atoms with Gasteiger partial charge in [-0.1, -0.05) is 19.8 Å². The molecule has 2 N–H and O–H groups in total. The second-order valence-corrected chi connectivity index (χ2v) is 4.79. The van der Waals surface area contributed by atoms with Gasteiger partial charge in [-0.3, -0.25) is 0 Å². The van der Waals surface area contributed by atoms with Gasteiger partial charge in [0.1, 0.15) is 0 Å². The van der Waals surface area contributed by atoms with E-state index in [1.165, 1.54) is 38.8 Å². The molecule has 4 heteroatoms. The normalized spacial score (nSPS) is 17.5. The molecule has 0 unspecified atom stereocenters. The minimum Gasteiger partial charge on any atom is -0.338 e. The number of rotatable bonds is 6. The van der Waals surface area contributed by atoms with Crippen molar-refractivity contribution >= 4 is 6.03 Å². The molecule has 0 radical (unpaired) electrons. The molecule has 1 rings (SSSR count). The molecule has 1 fully saturated rings. The first-order chi connectivity index (χ1) is 8.33. The maximum atomic E-state index is 11.3. The number of hydrogen-bond acceptors (Lipinski definition) is 2. The Labute approximate surface area is 105 Å². The van der Waals surface area contributed by atoms with Crippen molar-refractivity contribution < 1.29 is 4.79 Å². The minimum atomic E-state index is -0.0253. The largest absolute Gasteiger partial charge is 0.338 e. The van der Waals surface area contributed by atoms with Crippen LogP contribution in [0.4, 0.5) is 4.79 Å². The summed E-state index contributed by atoms with van der Waals surface area (Å²) < 4.78 is 0. The van der Waals surface area contributed by atoms with E-state index in [0.29, 0.717) is 0 Å². The van der Waals surface area contributed by atoms with Crippen molar-refractivity contribution in [2.45, 2.75) is 45.4 Å². The quantitative estimate of drug-likeness (QED) is 0.698. The summed E-state index contributed by atoms with van der Waals surface area (Å²) in [5.41, 5.74) is 0. The van der Waals surface area contributed by atoms with Crippen LogP contribution >= 0.6 is 0 Å². The van der Waals surface area contributed by atoms with Gasteiger partial charge in [0.15, 0.2) is 0 Å². The van der Waals surface area contributed by atoms with Crippen molar-refractivity contribution in [2.24, 2.45) is 0 Å². The van der Waals surface area contributed by atoms with Crippen LogP contribution in [-0.4, -0.2) is 43.7 Å². The molecule has 1 aliphatic rings. The molecule has 100 valence electrons. The number of nitrogens with one attached hydrogen (secondary N) is 2. The summed E-state index contributed by atoms with van der Waals surface area (Å²) in [7, 11) is 0. The Balaban J connectivity index is 1.97. The Hall–Kier alpha value is -0.770. The van der Waals surface area contributed by atoms with Crippen molar-refractivity contribution in [1.29, 1.82) is 0 Å². The lowest BCUT2D eigenvalue weighted by atomic mass is 10.2. The molecule has 0 spiro atoms. The van der Waals surface area contributed by atoms with Crippen LogP contribution in [0.2, 0.25) is 0 Å². The Morgan fingerprint density at radius 1 is 1.06 bits per heavy atom. The molecule has 0 aromatic heterocycles. The number of carbonyl (C=O) groups excluding carboxylic acids is 1. The summed E-state index contributed by atoms with van der Waals surface area (Å²) in [6.07, 6.45) is 7.48. The van der Waals surface area contributed by atoms with Crippen molar-refractivity contribution in [3.05, 3.63) is 0 Å². The fourth-order valence-electron chi connectivity index (χ4n) is 2.17. The number of amides is 2. The lowest BCUT2D eigenvalue weighted by molar-refractivity contribution is 0.238. The first-order valence-corrected chi connectivity index (χ1v) is 7.07. The van der Waals surface area contributed by atoms with E-state index in [1.807, 2.05) is 0 Å². The van der Waals surface area contributed by atoms with Gasteiger partial charge in [0.2, 0.25) is 0 Å². The lowest BCUT2D eigenvalue weighted by Gasteiger charge is -2.19. The van der Waals surface area contributed by atoms with Gasteiger partial charge < -0.3 is 15.5 Å². The smallest absolute Gasteiger partial charge is 0.314 e. The molecule has 2 amide bonds. The summed E-state index contributed by atoms with van der Waals surface area (Å²) >= 11 is 0. The van der Waals surface area contributed by atoms with Gasteiger partial charge >= 0.3 is 6.03 Å². The van der Waals surface area contributed by atoms with Crippen LogP contribution in [0.3, 0.4) is 0 Å². The van der Waals surface area contributed by atoms with Gasteiger partial charge in [0.25, 0.3) is 0 Å². The van der Waals surface area contributed by atoms with Crippen LogP contribution in [0.1, 0.15) is 45.4 Å². The zero-order valence-corrected chi connectivity index (χ0v) is 11.1. The molecular formula is C13H27N3O. The average Bonchev–Trinajstić information content (AvgIpc) is 2.60. The predicted molar refractivity (Wildman–Crippen MR) is 71.2 cm³/mol. The average molecular weight is 241 g/mol. The second kappa shape index (κ2) is 9.28. The third-order valence-corrected chi connectivity index (χ3v) is 3.17. The molecule has 0 aromatic carbocycles. The van der Waals surface area contributed by atoms with Crippen LogP contribution in [0.5, 0.6) is 0 Å². The second-order valence-electron chi connectivity index (χ2n) is 4.79. The van der Waals surface area contributed by atoms with Gasteiger partial charge in [-0.15, -0.1) is 0 Å². The molecule has 4 nitrogen and oxygen atoms in total. The highest BCUT2D eigenvalue weighted by Crippen LogP contribution is 2.09. The van der Waals surface area contributed by atoms with Gasteiger partial charge in [-0.05, 0) is 45.3 Å².